The van der Waals surface area contributed by atoms with Gasteiger partial charge in [-0.05, 0) is 77.0 Å². The summed E-state index contributed by atoms with van der Waals surface area (Å²) in [4.78, 5) is 38.4. The van der Waals surface area contributed by atoms with Gasteiger partial charge in [0.05, 0.1) is 0 Å². The zero-order chi connectivity index (χ0) is 59.2. The molecule has 6 nitrogen and oxygen atoms in total. The van der Waals surface area contributed by atoms with Crippen LogP contribution in [-0.4, -0.2) is 37.2 Å². The van der Waals surface area contributed by atoms with Gasteiger partial charge >= 0.3 is 17.9 Å². The highest BCUT2D eigenvalue weighted by Crippen LogP contribution is 2.19. The number of rotatable bonds is 68. The molecule has 0 aromatic rings. The van der Waals surface area contributed by atoms with Crippen molar-refractivity contribution in [3.63, 3.8) is 0 Å². The van der Waals surface area contributed by atoms with Crippen molar-refractivity contribution in [2.75, 3.05) is 13.2 Å². The highest BCUT2D eigenvalue weighted by molar-refractivity contribution is 5.71. The van der Waals surface area contributed by atoms with Gasteiger partial charge < -0.3 is 14.2 Å². The molecular formula is C76H140O6. The molecule has 0 bridgehead atoms. The largest absolute Gasteiger partial charge is 0.462 e. The topological polar surface area (TPSA) is 78.9 Å². The number of carbonyl (C=O) groups is 3. The molecule has 0 saturated heterocycles. The molecule has 0 aliphatic heterocycles. The smallest absolute Gasteiger partial charge is 0.306 e. The molecule has 0 aromatic heterocycles. The van der Waals surface area contributed by atoms with Gasteiger partial charge in [0.25, 0.3) is 0 Å². The van der Waals surface area contributed by atoms with Gasteiger partial charge in [0.1, 0.15) is 13.2 Å². The van der Waals surface area contributed by atoms with E-state index >= 15 is 0 Å². The monoisotopic (exact) mass is 1150 g/mol. The fraction of sp³-hybridized carbons (Fsp3) is 0.855. The van der Waals surface area contributed by atoms with Gasteiger partial charge in [-0.2, -0.15) is 0 Å². The fourth-order valence-corrected chi connectivity index (χ4v) is 11.0. The maximum Gasteiger partial charge on any atom is 0.306 e. The minimum Gasteiger partial charge on any atom is -0.462 e. The van der Waals surface area contributed by atoms with Crippen LogP contribution in [-0.2, 0) is 28.6 Å². The summed E-state index contributed by atoms with van der Waals surface area (Å²) >= 11 is 0. The van der Waals surface area contributed by atoms with Crippen molar-refractivity contribution >= 4 is 17.9 Å². The molecule has 0 rings (SSSR count). The highest BCUT2D eigenvalue weighted by atomic mass is 16.6. The van der Waals surface area contributed by atoms with E-state index in [0.29, 0.717) is 19.3 Å². The first-order chi connectivity index (χ1) is 40.5. The summed E-state index contributed by atoms with van der Waals surface area (Å²) < 4.78 is 17.0. The Bertz CT molecular complexity index is 1410. The van der Waals surface area contributed by atoms with Gasteiger partial charge in [0.15, 0.2) is 6.10 Å². The van der Waals surface area contributed by atoms with E-state index < -0.39 is 6.10 Å². The number of hydrogen-bond donors (Lipinski definition) is 0. The predicted molar refractivity (Wildman–Crippen MR) is 358 cm³/mol. The Kier molecular flexibility index (Phi) is 68.6. The third-order valence-corrected chi connectivity index (χ3v) is 16.5. The first-order valence-electron chi connectivity index (χ1n) is 36.6. The maximum absolute atomic E-state index is 12.9. The lowest BCUT2D eigenvalue weighted by Gasteiger charge is -2.18. The van der Waals surface area contributed by atoms with Crippen molar-refractivity contribution in [3.05, 3.63) is 48.6 Å². The van der Waals surface area contributed by atoms with Gasteiger partial charge in [0.2, 0.25) is 0 Å². The van der Waals surface area contributed by atoms with Crippen LogP contribution in [0.3, 0.4) is 0 Å². The van der Waals surface area contributed by atoms with E-state index in [-0.39, 0.29) is 31.1 Å². The van der Waals surface area contributed by atoms with Crippen LogP contribution in [0.5, 0.6) is 0 Å². The van der Waals surface area contributed by atoms with Crippen LogP contribution in [0.15, 0.2) is 48.6 Å². The first-order valence-corrected chi connectivity index (χ1v) is 36.6. The molecule has 1 atom stereocenters. The van der Waals surface area contributed by atoms with Crippen LogP contribution in [0.2, 0.25) is 0 Å². The number of carbonyl (C=O) groups excluding carboxylic acids is 3. The van der Waals surface area contributed by atoms with Crippen molar-refractivity contribution in [2.45, 2.75) is 406 Å². The van der Waals surface area contributed by atoms with E-state index in [0.717, 1.165) is 89.9 Å². The second-order valence-corrected chi connectivity index (χ2v) is 24.9. The molecular weight excluding hydrogens is 1010 g/mol. The standard InChI is InChI=1S/C76H140O6/c1-4-7-10-13-16-19-22-25-27-29-31-33-34-35-36-37-38-39-40-41-43-44-46-48-51-54-57-60-63-66-69-75(78)81-72-73(71-80-74(77)68-65-62-59-56-53-50-24-21-18-15-12-9-6-3)82-76(79)70-67-64-61-58-55-52-49-47-45-42-32-30-28-26-23-20-17-14-11-8-5-2/h12,15,21,23-24,26,30,32,73H,4-11,13-14,16-20,22,25,27-29,31,33-72H2,1-3H3/b15-12-,24-21-,26-23-,32-30-. The summed E-state index contributed by atoms with van der Waals surface area (Å²) in [7, 11) is 0. The zero-order valence-electron chi connectivity index (χ0n) is 55.3. The number of unbranched alkanes of at least 4 members (excludes halogenated alkanes) is 49. The van der Waals surface area contributed by atoms with E-state index in [1.54, 1.807) is 0 Å². The van der Waals surface area contributed by atoms with Crippen LogP contribution in [0.1, 0.15) is 400 Å². The average Bonchev–Trinajstić information content (AvgIpc) is 3.47. The predicted octanol–water partition coefficient (Wildman–Crippen LogP) is 25.3. The van der Waals surface area contributed by atoms with E-state index in [1.165, 1.54) is 270 Å². The normalized spacial score (nSPS) is 12.3. The molecule has 6 heteroatoms. The van der Waals surface area contributed by atoms with E-state index in [9.17, 15) is 14.4 Å². The molecule has 0 heterocycles. The van der Waals surface area contributed by atoms with E-state index in [4.69, 9.17) is 14.2 Å². The summed E-state index contributed by atoms with van der Waals surface area (Å²) in [5.74, 6) is -0.869. The minimum absolute atomic E-state index is 0.0755. The molecule has 82 heavy (non-hydrogen) atoms. The van der Waals surface area contributed by atoms with Crippen LogP contribution in [0.25, 0.3) is 0 Å². The summed E-state index contributed by atoms with van der Waals surface area (Å²) in [5.41, 5.74) is 0. The highest BCUT2D eigenvalue weighted by Gasteiger charge is 2.19. The lowest BCUT2D eigenvalue weighted by molar-refractivity contribution is -0.167. The van der Waals surface area contributed by atoms with Crippen molar-refractivity contribution in [2.24, 2.45) is 0 Å². The molecule has 1 unspecified atom stereocenters. The van der Waals surface area contributed by atoms with E-state index in [2.05, 4.69) is 69.4 Å². The molecule has 0 radical (unpaired) electrons. The van der Waals surface area contributed by atoms with Gasteiger partial charge in [-0.15, -0.1) is 0 Å². The first kappa shape index (κ1) is 79.4. The van der Waals surface area contributed by atoms with Gasteiger partial charge in [-0.1, -0.05) is 352 Å². The molecule has 0 saturated carbocycles. The van der Waals surface area contributed by atoms with Crippen LogP contribution < -0.4 is 0 Å². The maximum atomic E-state index is 12.9. The molecule has 0 spiro atoms. The third kappa shape index (κ3) is 68.2. The average molecular weight is 1150 g/mol. The second-order valence-electron chi connectivity index (χ2n) is 24.9. The summed E-state index contributed by atoms with van der Waals surface area (Å²) in [6.45, 7) is 6.62. The van der Waals surface area contributed by atoms with Crippen molar-refractivity contribution in [1.29, 1.82) is 0 Å². The Balaban J connectivity index is 4.18. The second kappa shape index (κ2) is 70.9. The number of esters is 3. The van der Waals surface area contributed by atoms with Crippen LogP contribution in [0.4, 0.5) is 0 Å². The Labute approximate surface area is 511 Å². The Morgan fingerprint density at radius 2 is 0.463 bits per heavy atom. The van der Waals surface area contributed by atoms with Crippen molar-refractivity contribution < 1.29 is 28.6 Å². The number of allylic oxidation sites excluding steroid dienone is 8. The van der Waals surface area contributed by atoms with Crippen molar-refractivity contribution in [3.8, 4) is 0 Å². The molecule has 0 aromatic carbocycles. The summed E-state index contributed by atoms with van der Waals surface area (Å²) in [5, 5.41) is 0. The molecule has 0 aliphatic rings. The van der Waals surface area contributed by atoms with Gasteiger partial charge in [-0.25, -0.2) is 0 Å². The number of ether oxygens (including phenoxy) is 3. The molecule has 0 N–H and O–H groups in total. The van der Waals surface area contributed by atoms with Gasteiger partial charge in [-0.3, -0.25) is 14.4 Å². The summed E-state index contributed by atoms with van der Waals surface area (Å²) in [6.07, 6.45) is 90.2. The Morgan fingerprint density at radius 3 is 0.720 bits per heavy atom. The van der Waals surface area contributed by atoms with E-state index in [1.807, 2.05) is 0 Å². The molecule has 480 valence electrons. The van der Waals surface area contributed by atoms with Crippen LogP contribution >= 0.6 is 0 Å². The number of hydrogen-bond acceptors (Lipinski definition) is 6. The Morgan fingerprint density at radius 1 is 0.244 bits per heavy atom. The SMILES string of the molecule is CCC/C=C\C/C=C\CCCCCCCC(=O)OCC(COC(=O)CCCCCCCCCCCCCCCCCCCCCCCCCCCCCCCC)OC(=O)CCCCCCCCCCC/C=C\C/C=C\CCCCCCC. The van der Waals surface area contributed by atoms with Crippen molar-refractivity contribution in [1.82, 2.24) is 0 Å². The van der Waals surface area contributed by atoms with Crippen LogP contribution in [0, 0.1) is 0 Å². The fourth-order valence-electron chi connectivity index (χ4n) is 11.0. The molecule has 0 aliphatic carbocycles. The molecule has 0 amide bonds. The van der Waals surface area contributed by atoms with Gasteiger partial charge in [0, 0.05) is 19.3 Å². The third-order valence-electron chi connectivity index (χ3n) is 16.5. The summed E-state index contributed by atoms with van der Waals surface area (Å²) in [6, 6.07) is 0. The lowest BCUT2D eigenvalue weighted by atomic mass is 10.0. The lowest BCUT2D eigenvalue weighted by Crippen LogP contribution is -2.30. The molecule has 0 fully saturated rings. The quantitative estimate of drug-likeness (QED) is 0.0261. The zero-order valence-corrected chi connectivity index (χ0v) is 55.3. The minimum atomic E-state index is -0.781. The Hall–Kier alpha value is -2.63.